The lowest BCUT2D eigenvalue weighted by molar-refractivity contribution is 0.0698. The molecule has 0 fully saturated rings. The van der Waals surface area contributed by atoms with E-state index in [1.807, 2.05) is 0 Å². The zero-order chi connectivity index (χ0) is 11.0. The summed E-state index contributed by atoms with van der Waals surface area (Å²) >= 11 is 0. The molecule has 0 bridgehead atoms. The number of nitrogens with zero attached hydrogens (tertiary/aromatic N) is 1. The number of carboxylic acids is 1. The van der Waals surface area contributed by atoms with Crippen LogP contribution in [0.1, 0.15) is 16.1 Å². The lowest BCUT2D eigenvalue weighted by Gasteiger charge is -2.01. The summed E-state index contributed by atoms with van der Waals surface area (Å²) in [5.41, 5.74) is 0.0714. The molecule has 5 heteroatoms. The highest BCUT2D eigenvalue weighted by Crippen LogP contribution is 2.14. The van der Waals surface area contributed by atoms with Gasteiger partial charge in [0, 0.05) is 11.8 Å². The molecule has 15 heavy (non-hydrogen) atoms. The summed E-state index contributed by atoms with van der Waals surface area (Å²) in [7, 11) is 0. The fourth-order valence-corrected chi connectivity index (χ4v) is 1.38. The molecule has 0 amide bonds. The molecule has 1 N–H and O–H groups in total. The van der Waals surface area contributed by atoms with Crippen molar-refractivity contribution in [1.82, 2.24) is 4.98 Å². The summed E-state index contributed by atoms with van der Waals surface area (Å²) in [5, 5.41) is 8.93. The molecule has 0 aliphatic carbocycles. The van der Waals surface area contributed by atoms with Gasteiger partial charge in [-0.1, -0.05) is 0 Å². The van der Waals surface area contributed by atoms with Crippen molar-refractivity contribution < 1.29 is 14.3 Å². The molecular formula is C10H7NO4. The first-order valence-corrected chi connectivity index (χ1v) is 4.22. The minimum Gasteiger partial charge on any atom is -0.478 e. The molecule has 0 atom stereocenters. The van der Waals surface area contributed by atoms with Crippen molar-refractivity contribution in [3.8, 4) is 0 Å². The fourth-order valence-electron chi connectivity index (χ4n) is 1.38. The van der Waals surface area contributed by atoms with Crippen LogP contribution in [0.3, 0.4) is 0 Å². The highest BCUT2D eigenvalue weighted by Gasteiger charge is 2.14. The molecule has 0 unspecified atom stereocenters. The molecule has 2 aromatic rings. The van der Waals surface area contributed by atoms with Crippen LogP contribution in [0, 0.1) is 6.92 Å². The average molecular weight is 205 g/mol. The van der Waals surface area contributed by atoms with Crippen LogP contribution in [-0.2, 0) is 0 Å². The van der Waals surface area contributed by atoms with E-state index in [4.69, 9.17) is 9.52 Å². The Morgan fingerprint density at radius 2 is 2.27 bits per heavy atom. The smallest absolute Gasteiger partial charge is 0.336 e. The van der Waals surface area contributed by atoms with Crippen molar-refractivity contribution in [2.45, 2.75) is 6.92 Å². The summed E-state index contributed by atoms with van der Waals surface area (Å²) in [4.78, 5) is 26.3. The third-order valence-electron chi connectivity index (χ3n) is 1.99. The molecule has 0 spiro atoms. The first-order chi connectivity index (χ1) is 7.09. The van der Waals surface area contributed by atoms with Crippen LogP contribution in [0.5, 0.6) is 0 Å². The monoisotopic (exact) mass is 205 g/mol. The minimum atomic E-state index is -1.16. The topological polar surface area (TPSA) is 80.4 Å². The second-order valence-electron chi connectivity index (χ2n) is 3.08. The van der Waals surface area contributed by atoms with Crippen LogP contribution in [0.25, 0.3) is 11.1 Å². The number of carbonyl (C=O) groups is 1. The Labute approximate surface area is 84.0 Å². The van der Waals surface area contributed by atoms with Crippen molar-refractivity contribution in [1.29, 1.82) is 0 Å². The molecule has 0 aliphatic heterocycles. The van der Waals surface area contributed by atoms with E-state index in [2.05, 4.69) is 4.98 Å². The molecule has 0 aromatic carbocycles. The maximum atomic E-state index is 11.5. The Kier molecular flexibility index (Phi) is 2.00. The minimum absolute atomic E-state index is 0.00981. The van der Waals surface area contributed by atoms with Gasteiger partial charge in [0.25, 0.3) is 0 Å². The van der Waals surface area contributed by atoms with E-state index < -0.39 is 11.4 Å². The number of aromatic carboxylic acids is 1. The van der Waals surface area contributed by atoms with Gasteiger partial charge < -0.3 is 9.52 Å². The van der Waals surface area contributed by atoms with Crippen molar-refractivity contribution in [2.75, 3.05) is 0 Å². The maximum absolute atomic E-state index is 11.5. The van der Waals surface area contributed by atoms with Gasteiger partial charge in [0.1, 0.15) is 0 Å². The molecule has 2 heterocycles. The van der Waals surface area contributed by atoms with E-state index in [0.717, 1.165) is 0 Å². The molecule has 2 rings (SSSR count). The van der Waals surface area contributed by atoms with Crippen LogP contribution in [0.2, 0.25) is 0 Å². The Bertz CT molecular complexity index is 600. The van der Waals surface area contributed by atoms with Gasteiger partial charge in [-0.15, -0.1) is 0 Å². The third kappa shape index (κ3) is 1.48. The Hall–Kier alpha value is -2.17. The Morgan fingerprint density at radius 1 is 1.53 bits per heavy atom. The van der Waals surface area contributed by atoms with Crippen LogP contribution in [0.15, 0.2) is 27.6 Å². The quantitative estimate of drug-likeness (QED) is 0.756. The summed E-state index contributed by atoms with van der Waals surface area (Å²) in [5.74, 6) is -1.16. The number of fused-ring (bicyclic) bond motifs is 1. The molecule has 2 aromatic heterocycles. The van der Waals surface area contributed by atoms with Gasteiger partial charge in [-0.25, -0.2) is 9.78 Å². The van der Waals surface area contributed by atoms with E-state index in [1.165, 1.54) is 18.4 Å². The number of rotatable bonds is 1. The van der Waals surface area contributed by atoms with Crippen molar-refractivity contribution in [2.24, 2.45) is 0 Å². The number of carboxylic acid groups (broad SMARTS) is 1. The van der Waals surface area contributed by atoms with Gasteiger partial charge in [-0.3, -0.25) is 4.79 Å². The predicted molar refractivity (Wildman–Crippen MR) is 52.0 cm³/mol. The standard InChI is InChI=1S/C10H7NO4/c1-5-4-6(10(13)14)8-7(12)2-3-15-9(8)11-5/h2-4H,1H3,(H,13,14). The van der Waals surface area contributed by atoms with E-state index >= 15 is 0 Å². The highest BCUT2D eigenvalue weighted by atomic mass is 16.4. The molecule has 0 saturated heterocycles. The zero-order valence-electron chi connectivity index (χ0n) is 7.85. The normalized spacial score (nSPS) is 10.5. The summed E-state index contributed by atoms with van der Waals surface area (Å²) < 4.78 is 4.99. The average Bonchev–Trinajstić information content (AvgIpc) is 2.16. The number of aryl methyl sites for hydroxylation is 1. The van der Waals surface area contributed by atoms with Gasteiger partial charge in [0.15, 0.2) is 5.43 Å². The molecule has 0 aliphatic rings. The van der Waals surface area contributed by atoms with Gasteiger partial charge in [0.05, 0.1) is 17.2 Å². The van der Waals surface area contributed by atoms with Crippen molar-refractivity contribution in [3.05, 3.63) is 39.9 Å². The first kappa shape index (κ1) is 9.39. The second-order valence-corrected chi connectivity index (χ2v) is 3.08. The van der Waals surface area contributed by atoms with Gasteiger partial charge >= 0.3 is 5.97 Å². The summed E-state index contributed by atoms with van der Waals surface area (Å²) in [6.45, 7) is 1.64. The predicted octanol–water partition coefficient (Wildman–Crippen LogP) is 1.19. The largest absolute Gasteiger partial charge is 0.478 e. The van der Waals surface area contributed by atoms with Gasteiger partial charge in [0.2, 0.25) is 5.71 Å². The molecule has 0 saturated carbocycles. The van der Waals surface area contributed by atoms with Crippen molar-refractivity contribution >= 4 is 17.1 Å². The number of hydrogen-bond donors (Lipinski definition) is 1. The number of pyridine rings is 1. The number of aromatic nitrogens is 1. The zero-order valence-corrected chi connectivity index (χ0v) is 7.85. The number of hydrogen-bond acceptors (Lipinski definition) is 4. The molecule has 0 radical (unpaired) electrons. The van der Waals surface area contributed by atoms with E-state index in [1.54, 1.807) is 6.92 Å². The highest BCUT2D eigenvalue weighted by molar-refractivity contribution is 6.00. The van der Waals surface area contributed by atoms with Crippen LogP contribution in [0.4, 0.5) is 0 Å². The third-order valence-corrected chi connectivity index (χ3v) is 1.99. The Balaban J connectivity index is 3.01. The summed E-state index contributed by atoms with van der Waals surface area (Å²) in [6, 6.07) is 2.52. The summed E-state index contributed by atoms with van der Waals surface area (Å²) in [6.07, 6.45) is 1.20. The molecule has 5 nitrogen and oxygen atoms in total. The van der Waals surface area contributed by atoms with Crippen LogP contribution >= 0.6 is 0 Å². The molecule has 76 valence electrons. The second kappa shape index (κ2) is 3.20. The first-order valence-electron chi connectivity index (χ1n) is 4.22. The van der Waals surface area contributed by atoms with Crippen LogP contribution < -0.4 is 5.43 Å². The maximum Gasteiger partial charge on any atom is 0.336 e. The van der Waals surface area contributed by atoms with Crippen molar-refractivity contribution in [3.63, 3.8) is 0 Å². The van der Waals surface area contributed by atoms with Gasteiger partial charge in [-0.05, 0) is 13.0 Å². The Morgan fingerprint density at radius 3 is 2.93 bits per heavy atom. The van der Waals surface area contributed by atoms with E-state index in [-0.39, 0.29) is 16.7 Å². The van der Waals surface area contributed by atoms with Crippen LogP contribution in [-0.4, -0.2) is 16.1 Å². The van der Waals surface area contributed by atoms with E-state index in [9.17, 15) is 9.59 Å². The van der Waals surface area contributed by atoms with Gasteiger partial charge in [-0.2, -0.15) is 0 Å². The lowest BCUT2D eigenvalue weighted by atomic mass is 10.1. The lowest BCUT2D eigenvalue weighted by Crippen LogP contribution is -2.08. The molecular weight excluding hydrogens is 198 g/mol. The fraction of sp³-hybridized carbons (Fsp3) is 0.100. The SMILES string of the molecule is Cc1cc(C(=O)O)c2c(=O)ccoc2n1. The van der Waals surface area contributed by atoms with E-state index in [0.29, 0.717) is 5.69 Å².